The van der Waals surface area contributed by atoms with Gasteiger partial charge in [-0.05, 0) is 50.8 Å². The van der Waals surface area contributed by atoms with E-state index in [0.29, 0.717) is 24.6 Å². The molecule has 1 aromatic heterocycles. The van der Waals surface area contributed by atoms with Crippen molar-refractivity contribution in [2.24, 2.45) is 5.92 Å². The average molecular weight is 400 g/mol. The van der Waals surface area contributed by atoms with Crippen molar-refractivity contribution in [2.75, 3.05) is 32.8 Å². The third-order valence-corrected chi connectivity index (χ3v) is 6.02. The molecule has 1 amide bonds. The first-order valence-corrected chi connectivity index (χ1v) is 10.5. The van der Waals surface area contributed by atoms with E-state index >= 15 is 0 Å². The van der Waals surface area contributed by atoms with E-state index in [1.165, 1.54) is 6.07 Å². The number of aromatic nitrogens is 2. The molecule has 0 saturated carbocycles. The minimum atomic E-state index is -0.136. The van der Waals surface area contributed by atoms with Crippen LogP contribution in [0.1, 0.15) is 41.6 Å². The smallest absolute Gasteiger partial charge is 0.257 e. The standard InChI is InChI=1S/C22H29FN4O2/c23-21-6-2-1-4-18(21)15-26-9-7-17(8-10-26)14-27(16-20-5-3-11-29-20)22(28)19-12-24-25-13-19/h1-2,4,6,12-13,17,20H,3,5,7-11,14-16H2,(H,24,25)/t20-/m0/s1. The number of nitrogens with one attached hydrogen (secondary N) is 1. The lowest BCUT2D eigenvalue weighted by Gasteiger charge is -2.35. The number of aromatic amines is 1. The molecule has 0 radical (unpaired) electrons. The van der Waals surface area contributed by atoms with Crippen molar-refractivity contribution < 1.29 is 13.9 Å². The predicted molar refractivity (Wildman–Crippen MR) is 108 cm³/mol. The number of benzene rings is 1. The van der Waals surface area contributed by atoms with E-state index in [1.54, 1.807) is 18.5 Å². The molecule has 29 heavy (non-hydrogen) atoms. The van der Waals surface area contributed by atoms with Crippen molar-refractivity contribution in [1.29, 1.82) is 0 Å². The second-order valence-electron chi connectivity index (χ2n) is 8.14. The Morgan fingerprint density at radius 2 is 2.07 bits per heavy atom. The highest BCUT2D eigenvalue weighted by Gasteiger charge is 2.28. The quantitative estimate of drug-likeness (QED) is 0.776. The molecule has 7 heteroatoms. The summed E-state index contributed by atoms with van der Waals surface area (Å²) < 4.78 is 19.7. The second kappa shape index (κ2) is 9.50. The van der Waals surface area contributed by atoms with Crippen LogP contribution in [0.25, 0.3) is 0 Å². The van der Waals surface area contributed by atoms with E-state index in [9.17, 15) is 9.18 Å². The number of halogens is 1. The number of amides is 1. The zero-order chi connectivity index (χ0) is 20.1. The van der Waals surface area contributed by atoms with Crippen molar-refractivity contribution >= 4 is 5.91 Å². The lowest BCUT2D eigenvalue weighted by molar-refractivity contribution is 0.0444. The van der Waals surface area contributed by atoms with Gasteiger partial charge < -0.3 is 9.64 Å². The Hall–Kier alpha value is -2.25. The molecule has 1 atom stereocenters. The third-order valence-electron chi connectivity index (χ3n) is 6.02. The van der Waals surface area contributed by atoms with Crippen LogP contribution >= 0.6 is 0 Å². The molecule has 2 aromatic rings. The van der Waals surface area contributed by atoms with Crippen molar-refractivity contribution in [3.63, 3.8) is 0 Å². The van der Waals surface area contributed by atoms with Gasteiger partial charge in [-0.3, -0.25) is 14.8 Å². The zero-order valence-corrected chi connectivity index (χ0v) is 16.7. The fourth-order valence-electron chi connectivity index (χ4n) is 4.33. The number of hydrogen-bond donors (Lipinski definition) is 1. The molecule has 2 saturated heterocycles. The maximum Gasteiger partial charge on any atom is 0.257 e. The van der Waals surface area contributed by atoms with E-state index < -0.39 is 0 Å². The highest BCUT2D eigenvalue weighted by atomic mass is 19.1. The van der Waals surface area contributed by atoms with E-state index in [2.05, 4.69) is 15.1 Å². The van der Waals surface area contributed by atoms with Gasteiger partial charge >= 0.3 is 0 Å². The zero-order valence-electron chi connectivity index (χ0n) is 16.7. The predicted octanol–water partition coefficient (Wildman–Crippen LogP) is 3.08. The van der Waals surface area contributed by atoms with Gasteiger partial charge in [-0.25, -0.2) is 4.39 Å². The van der Waals surface area contributed by atoms with Crippen LogP contribution in [-0.2, 0) is 11.3 Å². The summed E-state index contributed by atoms with van der Waals surface area (Å²) >= 11 is 0. The SMILES string of the molecule is O=C(c1cn[nH]c1)N(CC1CCN(Cc2ccccc2F)CC1)C[C@@H]1CCCO1. The van der Waals surface area contributed by atoms with Crippen LogP contribution in [-0.4, -0.2) is 64.8 Å². The third kappa shape index (κ3) is 5.22. The first kappa shape index (κ1) is 20.0. The van der Waals surface area contributed by atoms with E-state index in [-0.39, 0.29) is 17.8 Å². The molecule has 0 spiro atoms. The van der Waals surface area contributed by atoms with Crippen molar-refractivity contribution in [1.82, 2.24) is 20.0 Å². The number of carbonyl (C=O) groups excluding carboxylic acids is 1. The Labute approximate surface area is 171 Å². The van der Waals surface area contributed by atoms with Crippen LogP contribution in [0.15, 0.2) is 36.7 Å². The molecule has 2 fully saturated rings. The second-order valence-corrected chi connectivity index (χ2v) is 8.14. The number of hydrogen-bond acceptors (Lipinski definition) is 4. The normalized spacial score (nSPS) is 20.8. The van der Waals surface area contributed by atoms with Crippen molar-refractivity contribution in [2.45, 2.75) is 38.3 Å². The minimum Gasteiger partial charge on any atom is -0.376 e. The van der Waals surface area contributed by atoms with Gasteiger partial charge in [-0.1, -0.05) is 18.2 Å². The Bertz CT molecular complexity index is 784. The minimum absolute atomic E-state index is 0.0167. The Balaban J connectivity index is 1.33. The van der Waals surface area contributed by atoms with Crippen LogP contribution in [0.4, 0.5) is 4.39 Å². The number of nitrogens with zero attached hydrogens (tertiary/aromatic N) is 3. The van der Waals surface area contributed by atoms with Crippen molar-refractivity contribution in [3.8, 4) is 0 Å². The summed E-state index contributed by atoms with van der Waals surface area (Å²) in [6.45, 7) is 4.65. The molecule has 1 aromatic carbocycles. The number of carbonyl (C=O) groups is 1. The van der Waals surface area contributed by atoms with Gasteiger partial charge in [0.2, 0.25) is 0 Å². The summed E-state index contributed by atoms with van der Waals surface area (Å²) in [4.78, 5) is 17.2. The topological polar surface area (TPSA) is 61.5 Å². The number of ether oxygens (including phenoxy) is 1. The highest BCUT2D eigenvalue weighted by Crippen LogP contribution is 2.23. The molecule has 1 N–H and O–H groups in total. The van der Waals surface area contributed by atoms with Crippen LogP contribution in [0, 0.1) is 11.7 Å². The fraction of sp³-hybridized carbons (Fsp3) is 0.545. The summed E-state index contributed by atoms with van der Waals surface area (Å²) in [5.41, 5.74) is 1.35. The lowest BCUT2D eigenvalue weighted by Crippen LogP contribution is -2.43. The Morgan fingerprint density at radius 1 is 1.24 bits per heavy atom. The summed E-state index contributed by atoms with van der Waals surface area (Å²) in [5.74, 6) is 0.329. The number of rotatable bonds is 7. The van der Waals surface area contributed by atoms with Crippen molar-refractivity contribution in [3.05, 3.63) is 53.6 Å². The molecule has 2 aliphatic rings. The van der Waals surface area contributed by atoms with Gasteiger partial charge in [0.05, 0.1) is 17.9 Å². The summed E-state index contributed by atoms with van der Waals surface area (Å²) in [5, 5.41) is 6.65. The average Bonchev–Trinajstić information content (AvgIpc) is 3.44. The van der Waals surface area contributed by atoms with Crippen LogP contribution in [0.2, 0.25) is 0 Å². The van der Waals surface area contributed by atoms with Gasteiger partial charge in [-0.2, -0.15) is 5.10 Å². The molecule has 0 unspecified atom stereocenters. The Morgan fingerprint density at radius 3 is 2.76 bits per heavy atom. The lowest BCUT2D eigenvalue weighted by atomic mass is 9.95. The van der Waals surface area contributed by atoms with E-state index in [4.69, 9.17) is 4.74 Å². The highest BCUT2D eigenvalue weighted by molar-refractivity contribution is 5.93. The number of H-pyrrole nitrogens is 1. The van der Waals surface area contributed by atoms with E-state index in [0.717, 1.165) is 57.5 Å². The van der Waals surface area contributed by atoms with Crippen LogP contribution in [0.5, 0.6) is 0 Å². The molecule has 3 heterocycles. The number of likely N-dealkylation sites (tertiary alicyclic amines) is 1. The summed E-state index contributed by atoms with van der Waals surface area (Å²) in [7, 11) is 0. The summed E-state index contributed by atoms with van der Waals surface area (Å²) in [6, 6.07) is 6.99. The first-order chi connectivity index (χ1) is 14.2. The molecular formula is C22H29FN4O2. The maximum atomic E-state index is 13.9. The van der Waals surface area contributed by atoms with Crippen LogP contribution < -0.4 is 0 Å². The van der Waals surface area contributed by atoms with Gasteiger partial charge in [-0.15, -0.1) is 0 Å². The summed E-state index contributed by atoms with van der Waals surface area (Å²) in [6.07, 6.45) is 7.46. The van der Waals surface area contributed by atoms with Crippen LogP contribution in [0.3, 0.4) is 0 Å². The Kier molecular flexibility index (Phi) is 6.56. The first-order valence-electron chi connectivity index (χ1n) is 10.5. The monoisotopic (exact) mass is 400 g/mol. The maximum absolute atomic E-state index is 13.9. The van der Waals surface area contributed by atoms with Gasteiger partial charge in [0.15, 0.2) is 0 Å². The fourth-order valence-corrected chi connectivity index (χ4v) is 4.33. The largest absolute Gasteiger partial charge is 0.376 e. The number of piperidine rings is 1. The molecule has 4 rings (SSSR count). The molecule has 0 bridgehead atoms. The molecular weight excluding hydrogens is 371 g/mol. The molecule has 6 nitrogen and oxygen atoms in total. The molecule has 156 valence electrons. The molecule has 2 aliphatic heterocycles. The molecule has 0 aliphatic carbocycles. The van der Waals surface area contributed by atoms with Gasteiger partial charge in [0.1, 0.15) is 5.82 Å². The van der Waals surface area contributed by atoms with E-state index in [1.807, 2.05) is 17.0 Å². The van der Waals surface area contributed by atoms with Gasteiger partial charge in [0.25, 0.3) is 5.91 Å². The van der Waals surface area contributed by atoms with Gasteiger partial charge in [0, 0.05) is 38.0 Å².